The third-order valence-electron chi connectivity index (χ3n) is 5.63. The zero-order chi connectivity index (χ0) is 22.6. The Morgan fingerprint density at radius 1 is 1.29 bits per heavy atom. The van der Waals surface area contributed by atoms with Gasteiger partial charge in [0, 0.05) is 11.4 Å². The Morgan fingerprint density at radius 3 is 2.61 bits per heavy atom. The second-order valence-electron chi connectivity index (χ2n) is 8.77. The Labute approximate surface area is 187 Å². The van der Waals surface area contributed by atoms with Gasteiger partial charge in [-0.1, -0.05) is 32.5 Å². The summed E-state index contributed by atoms with van der Waals surface area (Å²) in [5.74, 6) is 0.0871. The molecule has 6 nitrogen and oxygen atoms in total. The monoisotopic (exact) mass is 437 g/mol. The minimum Gasteiger partial charge on any atom is -0.465 e. The number of hydrogen-bond donors (Lipinski definition) is 1. The van der Waals surface area contributed by atoms with Crippen molar-refractivity contribution in [2.45, 2.75) is 45.1 Å². The lowest BCUT2D eigenvalue weighted by Gasteiger charge is -2.34. The van der Waals surface area contributed by atoms with Crippen molar-refractivity contribution < 1.29 is 14.3 Å². The molecule has 31 heavy (non-hydrogen) atoms. The zero-order valence-electron chi connectivity index (χ0n) is 18.3. The number of aromatic nitrogens is 1. The molecule has 0 aliphatic heterocycles. The number of pyridine rings is 1. The molecule has 1 N–H and O–H groups in total. The van der Waals surface area contributed by atoms with E-state index in [2.05, 4.69) is 36.9 Å². The number of thioether (sulfide) groups is 1. The Kier molecular flexibility index (Phi) is 7.01. The lowest BCUT2D eigenvalue weighted by molar-refractivity contribution is -0.113. The van der Waals surface area contributed by atoms with E-state index in [1.54, 1.807) is 24.3 Å². The highest BCUT2D eigenvalue weighted by Crippen LogP contribution is 2.38. The Bertz CT molecular complexity index is 1020. The molecule has 0 saturated carbocycles. The molecule has 1 atom stereocenters. The summed E-state index contributed by atoms with van der Waals surface area (Å²) in [4.78, 5) is 28.6. The average molecular weight is 438 g/mol. The molecule has 162 valence electrons. The number of aryl methyl sites for hydroxylation is 1. The molecule has 0 fully saturated rings. The number of methoxy groups -OCH3 is 1. The van der Waals surface area contributed by atoms with Crippen LogP contribution < -0.4 is 5.32 Å². The molecule has 1 aromatic carbocycles. The van der Waals surface area contributed by atoms with Gasteiger partial charge in [-0.25, -0.2) is 9.78 Å². The van der Waals surface area contributed by atoms with Crippen LogP contribution in [-0.4, -0.2) is 29.7 Å². The number of carbonyl (C=O) groups excluding carboxylic acids is 2. The molecule has 1 heterocycles. The highest BCUT2D eigenvalue weighted by Gasteiger charge is 2.30. The lowest BCUT2D eigenvalue weighted by Crippen LogP contribution is -2.27. The maximum atomic E-state index is 12.4. The summed E-state index contributed by atoms with van der Waals surface area (Å²) in [6, 6.07) is 10.7. The fourth-order valence-electron chi connectivity index (χ4n) is 3.71. The van der Waals surface area contributed by atoms with Crippen molar-refractivity contribution in [2.24, 2.45) is 11.3 Å². The summed E-state index contributed by atoms with van der Waals surface area (Å²) in [7, 11) is 1.32. The number of nitrogens with one attached hydrogen (secondary N) is 1. The van der Waals surface area contributed by atoms with Crippen molar-refractivity contribution in [1.82, 2.24) is 4.98 Å². The first kappa shape index (κ1) is 22.8. The molecule has 1 aromatic heterocycles. The number of benzene rings is 1. The van der Waals surface area contributed by atoms with Crippen LogP contribution in [0.15, 0.2) is 35.4 Å². The lowest BCUT2D eigenvalue weighted by atomic mass is 9.71. The molecule has 0 saturated heterocycles. The van der Waals surface area contributed by atoms with Crippen molar-refractivity contribution in [3.05, 3.63) is 52.7 Å². The first-order valence-electron chi connectivity index (χ1n) is 10.2. The minimum absolute atomic E-state index is 0.143. The van der Waals surface area contributed by atoms with Crippen LogP contribution in [0.25, 0.3) is 0 Å². The number of ether oxygens (including phenoxy) is 1. The maximum absolute atomic E-state index is 12.4. The van der Waals surface area contributed by atoms with E-state index in [-0.39, 0.29) is 17.1 Å². The van der Waals surface area contributed by atoms with Crippen LogP contribution in [0.5, 0.6) is 0 Å². The second-order valence-corrected chi connectivity index (χ2v) is 9.73. The summed E-state index contributed by atoms with van der Waals surface area (Å²) in [6.07, 6.45) is 2.92. The maximum Gasteiger partial charge on any atom is 0.337 e. The van der Waals surface area contributed by atoms with Gasteiger partial charge >= 0.3 is 5.97 Å². The number of esters is 1. The van der Waals surface area contributed by atoms with Crippen molar-refractivity contribution in [2.75, 3.05) is 18.2 Å². The van der Waals surface area contributed by atoms with Gasteiger partial charge in [0.15, 0.2) is 0 Å². The molecule has 0 unspecified atom stereocenters. The fourth-order valence-corrected chi connectivity index (χ4v) is 4.49. The molecular formula is C24H27N3O3S. The van der Waals surface area contributed by atoms with Crippen LogP contribution in [0, 0.1) is 22.7 Å². The Morgan fingerprint density at radius 2 is 2.00 bits per heavy atom. The zero-order valence-corrected chi connectivity index (χ0v) is 19.1. The number of anilines is 1. The number of nitrogens with zero attached hydrogens (tertiary/aromatic N) is 2. The molecule has 2 aromatic rings. The van der Waals surface area contributed by atoms with Crippen LogP contribution in [0.2, 0.25) is 0 Å². The van der Waals surface area contributed by atoms with Gasteiger partial charge in [-0.05, 0) is 66.5 Å². The number of amides is 1. The Balaban J connectivity index is 1.64. The number of fused-ring (bicyclic) bond motifs is 1. The third-order valence-corrected chi connectivity index (χ3v) is 6.62. The van der Waals surface area contributed by atoms with Gasteiger partial charge in [0.2, 0.25) is 5.91 Å². The predicted octanol–water partition coefficient (Wildman–Crippen LogP) is 4.62. The molecule has 1 aliphatic carbocycles. The molecule has 0 radical (unpaired) electrons. The molecule has 0 bridgehead atoms. The van der Waals surface area contributed by atoms with E-state index in [4.69, 9.17) is 4.98 Å². The summed E-state index contributed by atoms with van der Waals surface area (Å²) >= 11 is 1.27. The van der Waals surface area contributed by atoms with E-state index in [9.17, 15) is 14.9 Å². The van der Waals surface area contributed by atoms with Gasteiger partial charge in [0.25, 0.3) is 0 Å². The quantitative estimate of drug-likeness (QED) is 0.542. The molecule has 0 spiro atoms. The van der Waals surface area contributed by atoms with Crippen LogP contribution >= 0.6 is 11.8 Å². The van der Waals surface area contributed by atoms with Gasteiger partial charge < -0.3 is 10.1 Å². The SMILES string of the molecule is COC(=O)c1ccc(NC(=O)CSc2nc3c(cc2C#N)C[C@@H](C(C)(C)C)CC3)cc1. The van der Waals surface area contributed by atoms with E-state index in [0.717, 1.165) is 30.5 Å². The van der Waals surface area contributed by atoms with Crippen LogP contribution in [0.1, 0.15) is 54.4 Å². The van der Waals surface area contributed by atoms with E-state index in [1.165, 1.54) is 18.9 Å². The van der Waals surface area contributed by atoms with Crippen LogP contribution in [0.4, 0.5) is 5.69 Å². The van der Waals surface area contributed by atoms with Gasteiger partial charge in [0.1, 0.15) is 11.1 Å². The number of hydrogen-bond acceptors (Lipinski definition) is 6. The Hall–Kier alpha value is -2.85. The minimum atomic E-state index is -0.426. The molecule has 1 amide bonds. The number of nitriles is 1. The van der Waals surface area contributed by atoms with Gasteiger partial charge in [-0.15, -0.1) is 0 Å². The molecule has 7 heteroatoms. The summed E-state index contributed by atoms with van der Waals surface area (Å²) in [5.41, 5.74) is 3.95. The first-order chi connectivity index (χ1) is 14.7. The van der Waals surface area contributed by atoms with Gasteiger partial charge in [0.05, 0.1) is 24.0 Å². The van der Waals surface area contributed by atoms with Crippen molar-refractivity contribution in [3.63, 3.8) is 0 Å². The van der Waals surface area contributed by atoms with E-state index in [1.807, 2.05) is 6.07 Å². The van der Waals surface area contributed by atoms with E-state index in [0.29, 0.717) is 27.8 Å². The molecule has 1 aliphatic rings. The fraction of sp³-hybridized carbons (Fsp3) is 0.417. The first-order valence-corrected chi connectivity index (χ1v) is 11.2. The highest BCUT2D eigenvalue weighted by molar-refractivity contribution is 8.00. The number of carbonyl (C=O) groups is 2. The van der Waals surface area contributed by atoms with Crippen molar-refractivity contribution in [3.8, 4) is 6.07 Å². The van der Waals surface area contributed by atoms with Gasteiger partial charge in [-0.2, -0.15) is 5.26 Å². The predicted molar refractivity (Wildman–Crippen MR) is 121 cm³/mol. The number of rotatable bonds is 5. The third kappa shape index (κ3) is 5.65. The average Bonchev–Trinajstić information content (AvgIpc) is 2.75. The summed E-state index contributed by atoms with van der Waals surface area (Å²) < 4.78 is 4.67. The topological polar surface area (TPSA) is 92.1 Å². The van der Waals surface area contributed by atoms with Crippen LogP contribution in [0.3, 0.4) is 0 Å². The van der Waals surface area contributed by atoms with Crippen molar-refractivity contribution >= 4 is 29.3 Å². The molecular weight excluding hydrogens is 410 g/mol. The normalized spacial score (nSPS) is 15.5. The summed E-state index contributed by atoms with van der Waals surface area (Å²) in [6.45, 7) is 6.77. The standard InChI is InChI=1S/C24H27N3O3S/c1-24(2,3)18-7-10-20-16(12-18)11-17(13-25)22(27-20)31-14-21(28)26-19-8-5-15(6-9-19)23(29)30-4/h5-6,8-9,11,18H,7,10,12,14H2,1-4H3,(H,26,28)/t18-/m0/s1. The van der Waals surface area contributed by atoms with Crippen molar-refractivity contribution in [1.29, 1.82) is 5.26 Å². The highest BCUT2D eigenvalue weighted by atomic mass is 32.2. The van der Waals surface area contributed by atoms with Gasteiger partial charge in [-0.3, -0.25) is 4.79 Å². The molecule has 3 rings (SSSR count). The second kappa shape index (κ2) is 9.52. The van der Waals surface area contributed by atoms with E-state index < -0.39 is 5.97 Å². The van der Waals surface area contributed by atoms with E-state index >= 15 is 0 Å². The largest absolute Gasteiger partial charge is 0.465 e. The smallest absolute Gasteiger partial charge is 0.337 e. The summed E-state index contributed by atoms with van der Waals surface area (Å²) in [5, 5.41) is 13.0. The van der Waals surface area contributed by atoms with Crippen LogP contribution in [-0.2, 0) is 22.4 Å².